The van der Waals surface area contributed by atoms with E-state index < -0.39 is 0 Å². The topological polar surface area (TPSA) is 64.3 Å². The summed E-state index contributed by atoms with van der Waals surface area (Å²) in [7, 11) is 1.65. The number of rotatable bonds is 6. The number of nitrogens with two attached hydrogens (primary N) is 1. The first kappa shape index (κ1) is 16.2. The van der Waals surface area contributed by atoms with Crippen LogP contribution in [0.2, 0.25) is 0 Å². The highest BCUT2D eigenvalue weighted by Gasteiger charge is 2.06. The standard InChI is InChI=1S/C16H22N2O2/c1-13(20-2)9-10-16(19)18-12-15-7-4-3-6-14(15)8-5-11-17/h3-4,6-7,13H,9-12,17H2,1-2H3,(H,18,19). The van der Waals surface area contributed by atoms with E-state index in [1.54, 1.807) is 7.11 Å². The third-order valence-corrected chi connectivity index (χ3v) is 3.00. The molecule has 1 rings (SSSR count). The molecule has 1 aromatic rings. The molecule has 3 N–H and O–H groups in total. The van der Waals surface area contributed by atoms with Crippen LogP contribution in [0, 0.1) is 11.8 Å². The summed E-state index contributed by atoms with van der Waals surface area (Å²) in [6, 6.07) is 7.74. The van der Waals surface area contributed by atoms with Crippen LogP contribution in [0.1, 0.15) is 30.9 Å². The molecular formula is C16H22N2O2. The maximum atomic E-state index is 11.7. The molecule has 0 heterocycles. The molecule has 0 radical (unpaired) electrons. The lowest BCUT2D eigenvalue weighted by Crippen LogP contribution is -2.24. The Balaban J connectivity index is 2.51. The minimum absolute atomic E-state index is 0.0236. The molecule has 4 nitrogen and oxygen atoms in total. The van der Waals surface area contributed by atoms with Crippen molar-refractivity contribution in [1.29, 1.82) is 0 Å². The summed E-state index contributed by atoms with van der Waals surface area (Å²) >= 11 is 0. The second kappa shape index (κ2) is 9.13. The van der Waals surface area contributed by atoms with Crippen LogP contribution in [-0.4, -0.2) is 25.7 Å². The summed E-state index contributed by atoms with van der Waals surface area (Å²) in [4.78, 5) is 11.7. The highest BCUT2D eigenvalue weighted by Crippen LogP contribution is 2.07. The number of methoxy groups -OCH3 is 1. The summed E-state index contributed by atoms with van der Waals surface area (Å²) < 4.78 is 5.12. The van der Waals surface area contributed by atoms with E-state index in [1.807, 2.05) is 31.2 Å². The Morgan fingerprint density at radius 2 is 2.20 bits per heavy atom. The van der Waals surface area contributed by atoms with Crippen molar-refractivity contribution in [2.75, 3.05) is 13.7 Å². The number of hydrogen-bond donors (Lipinski definition) is 2. The zero-order valence-corrected chi connectivity index (χ0v) is 12.1. The first-order chi connectivity index (χ1) is 9.67. The van der Waals surface area contributed by atoms with Gasteiger partial charge in [0.25, 0.3) is 0 Å². The summed E-state index contributed by atoms with van der Waals surface area (Å²) in [5, 5.41) is 2.90. The van der Waals surface area contributed by atoms with Crippen LogP contribution < -0.4 is 11.1 Å². The van der Waals surface area contributed by atoms with E-state index >= 15 is 0 Å². The van der Waals surface area contributed by atoms with Gasteiger partial charge in [0.1, 0.15) is 0 Å². The summed E-state index contributed by atoms with van der Waals surface area (Å²) in [6.07, 6.45) is 1.28. The molecule has 1 amide bonds. The Morgan fingerprint density at radius 1 is 1.45 bits per heavy atom. The van der Waals surface area contributed by atoms with E-state index in [2.05, 4.69) is 17.2 Å². The smallest absolute Gasteiger partial charge is 0.220 e. The summed E-state index contributed by atoms with van der Waals surface area (Å²) in [6.45, 7) is 2.76. The Labute approximate surface area is 120 Å². The number of benzene rings is 1. The lowest BCUT2D eigenvalue weighted by atomic mass is 10.1. The van der Waals surface area contributed by atoms with Gasteiger partial charge in [0.05, 0.1) is 12.6 Å². The van der Waals surface area contributed by atoms with Gasteiger partial charge in [0.15, 0.2) is 0 Å². The fourth-order valence-corrected chi connectivity index (χ4v) is 1.68. The van der Waals surface area contributed by atoms with Crippen molar-refractivity contribution in [3.05, 3.63) is 35.4 Å². The first-order valence-corrected chi connectivity index (χ1v) is 6.73. The maximum absolute atomic E-state index is 11.7. The van der Waals surface area contributed by atoms with Crippen molar-refractivity contribution in [3.63, 3.8) is 0 Å². The third-order valence-electron chi connectivity index (χ3n) is 3.00. The number of ether oxygens (including phenoxy) is 1. The second-order valence-electron chi connectivity index (χ2n) is 4.52. The van der Waals surface area contributed by atoms with E-state index in [1.165, 1.54) is 0 Å². The molecule has 108 valence electrons. The van der Waals surface area contributed by atoms with Gasteiger partial charge in [-0.3, -0.25) is 4.79 Å². The van der Waals surface area contributed by atoms with E-state index in [4.69, 9.17) is 10.5 Å². The Kier molecular flexibility index (Phi) is 7.41. The van der Waals surface area contributed by atoms with Gasteiger partial charge in [-0.05, 0) is 25.0 Å². The van der Waals surface area contributed by atoms with Crippen molar-refractivity contribution in [2.45, 2.75) is 32.4 Å². The summed E-state index contributed by atoms with van der Waals surface area (Å²) in [5.41, 5.74) is 7.28. The van der Waals surface area contributed by atoms with Gasteiger partial charge in [-0.25, -0.2) is 0 Å². The average Bonchev–Trinajstić information content (AvgIpc) is 2.49. The predicted molar refractivity (Wildman–Crippen MR) is 79.9 cm³/mol. The molecule has 0 bridgehead atoms. The van der Waals surface area contributed by atoms with Crippen molar-refractivity contribution < 1.29 is 9.53 Å². The quantitative estimate of drug-likeness (QED) is 0.771. The first-order valence-electron chi connectivity index (χ1n) is 6.73. The van der Waals surface area contributed by atoms with Crippen LogP contribution >= 0.6 is 0 Å². The Bertz CT molecular complexity index is 489. The lowest BCUT2D eigenvalue weighted by molar-refractivity contribution is -0.121. The number of hydrogen-bond acceptors (Lipinski definition) is 3. The normalized spacial score (nSPS) is 11.3. The number of carbonyl (C=O) groups excluding carboxylic acids is 1. The van der Waals surface area contributed by atoms with Crippen LogP contribution in [0.5, 0.6) is 0 Å². The molecule has 0 saturated carbocycles. The minimum Gasteiger partial charge on any atom is -0.382 e. The number of amides is 1. The van der Waals surface area contributed by atoms with Crippen molar-refractivity contribution >= 4 is 5.91 Å². The van der Waals surface area contributed by atoms with Gasteiger partial charge in [0.2, 0.25) is 5.91 Å². The molecule has 0 aliphatic heterocycles. The van der Waals surface area contributed by atoms with Gasteiger partial charge < -0.3 is 15.8 Å². The zero-order valence-electron chi connectivity index (χ0n) is 12.1. The molecule has 1 unspecified atom stereocenters. The van der Waals surface area contributed by atoms with Crippen LogP contribution in [0.3, 0.4) is 0 Å². The van der Waals surface area contributed by atoms with Gasteiger partial charge in [0, 0.05) is 25.6 Å². The van der Waals surface area contributed by atoms with Gasteiger partial charge >= 0.3 is 0 Å². The Hall–Kier alpha value is -1.83. The molecule has 4 heteroatoms. The van der Waals surface area contributed by atoms with E-state index in [0.717, 1.165) is 17.5 Å². The van der Waals surface area contributed by atoms with Gasteiger partial charge in [-0.1, -0.05) is 30.0 Å². The molecule has 20 heavy (non-hydrogen) atoms. The van der Waals surface area contributed by atoms with Crippen LogP contribution in [-0.2, 0) is 16.1 Å². The highest BCUT2D eigenvalue weighted by atomic mass is 16.5. The van der Waals surface area contributed by atoms with Crippen LogP contribution in [0.15, 0.2) is 24.3 Å². The number of carbonyl (C=O) groups is 1. The lowest BCUT2D eigenvalue weighted by Gasteiger charge is -2.10. The molecule has 0 fully saturated rings. The van der Waals surface area contributed by atoms with Crippen LogP contribution in [0.4, 0.5) is 0 Å². The Morgan fingerprint density at radius 3 is 2.90 bits per heavy atom. The third kappa shape index (κ3) is 5.87. The van der Waals surface area contributed by atoms with E-state index in [9.17, 15) is 4.79 Å². The van der Waals surface area contributed by atoms with Crippen molar-refractivity contribution in [1.82, 2.24) is 5.32 Å². The van der Waals surface area contributed by atoms with Crippen molar-refractivity contribution in [3.8, 4) is 11.8 Å². The molecule has 0 aromatic heterocycles. The number of nitrogens with one attached hydrogen (secondary N) is 1. The molecule has 0 aliphatic rings. The molecule has 1 aromatic carbocycles. The van der Waals surface area contributed by atoms with E-state index in [-0.39, 0.29) is 12.0 Å². The zero-order chi connectivity index (χ0) is 14.8. The van der Waals surface area contributed by atoms with E-state index in [0.29, 0.717) is 19.5 Å². The minimum atomic E-state index is 0.0236. The van der Waals surface area contributed by atoms with Crippen LogP contribution in [0.25, 0.3) is 0 Å². The van der Waals surface area contributed by atoms with Gasteiger partial charge in [-0.2, -0.15) is 0 Å². The summed E-state index contributed by atoms with van der Waals surface area (Å²) in [5.74, 6) is 5.86. The predicted octanol–water partition coefficient (Wildman–Crippen LogP) is 1.43. The molecule has 0 saturated heterocycles. The SMILES string of the molecule is COC(C)CCC(=O)NCc1ccccc1C#CCN. The second-order valence-corrected chi connectivity index (χ2v) is 4.52. The fourth-order valence-electron chi connectivity index (χ4n) is 1.68. The fraction of sp³-hybridized carbons (Fsp3) is 0.438. The monoisotopic (exact) mass is 274 g/mol. The molecule has 1 atom stereocenters. The highest BCUT2D eigenvalue weighted by molar-refractivity contribution is 5.75. The average molecular weight is 274 g/mol. The van der Waals surface area contributed by atoms with Crippen molar-refractivity contribution in [2.24, 2.45) is 5.73 Å². The maximum Gasteiger partial charge on any atom is 0.220 e. The van der Waals surface area contributed by atoms with Gasteiger partial charge in [-0.15, -0.1) is 0 Å². The largest absolute Gasteiger partial charge is 0.382 e. The molecule has 0 spiro atoms. The molecular weight excluding hydrogens is 252 g/mol. The molecule has 0 aliphatic carbocycles.